The van der Waals surface area contributed by atoms with Crippen LogP contribution in [0.15, 0.2) is 22.7 Å². The summed E-state index contributed by atoms with van der Waals surface area (Å²) in [6.07, 6.45) is -5.24. The van der Waals surface area contributed by atoms with Gasteiger partial charge in [0.05, 0.1) is 0 Å². The summed E-state index contributed by atoms with van der Waals surface area (Å²) in [5.41, 5.74) is 2.99. The number of benzene rings is 1. The molecule has 0 aliphatic rings. The summed E-state index contributed by atoms with van der Waals surface area (Å²) in [5, 5.41) is 0.454. The van der Waals surface area contributed by atoms with E-state index in [-0.39, 0.29) is 6.42 Å². The second-order valence-corrected chi connectivity index (χ2v) is 4.83. The molecule has 0 bridgehead atoms. The topological polar surface area (TPSA) is 38.0 Å². The molecule has 0 aliphatic carbocycles. The number of hydrogen-bond donors (Lipinski definition) is 2. The molecule has 1 atom stereocenters. The van der Waals surface area contributed by atoms with Gasteiger partial charge < -0.3 is 0 Å². The third kappa shape index (κ3) is 4.83. The first-order valence-corrected chi connectivity index (χ1v) is 5.98. The second kappa shape index (κ2) is 6.04. The second-order valence-electron chi connectivity index (χ2n) is 3.54. The summed E-state index contributed by atoms with van der Waals surface area (Å²) in [5.74, 6) is 5.27. The molecule has 1 aromatic rings. The largest absolute Gasteiger partial charge is 0.389 e. The van der Waals surface area contributed by atoms with Gasteiger partial charge >= 0.3 is 6.18 Å². The van der Waals surface area contributed by atoms with Gasteiger partial charge in [-0.05, 0) is 30.2 Å². The Hall–Kier alpha value is -0.300. The van der Waals surface area contributed by atoms with Crippen molar-refractivity contribution in [3.8, 4) is 0 Å². The SMILES string of the molecule is NNC(CCC(F)(F)F)c1cc(Cl)ccc1Br. The fraction of sp³-hybridized carbons (Fsp3) is 0.400. The van der Waals surface area contributed by atoms with Crippen molar-refractivity contribution in [1.82, 2.24) is 5.43 Å². The maximum atomic E-state index is 12.1. The molecule has 0 fully saturated rings. The van der Waals surface area contributed by atoms with E-state index in [1.54, 1.807) is 18.2 Å². The quantitative estimate of drug-likeness (QED) is 0.647. The van der Waals surface area contributed by atoms with E-state index in [2.05, 4.69) is 21.4 Å². The van der Waals surface area contributed by atoms with Crippen molar-refractivity contribution in [2.45, 2.75) is 25.1 Å². The van der Waals surface area contributed by atoms with Crippen LogP contribution in [-0.4, -0.2) is 6.18 Å². The van der Waals surface area contributed by atoms with E-state index in [1.165, 1.54) is 0 Å². The maximum absolute atomic E-state index is 12.1. The minimum atomic E-state index is -4.19. The lowest BCUT2D eigenvalue weighted by atomic mass is 10.0. The average Bonchev–Trinajstić information content (AvgIpc) is 2.22. The van der Waals surface area contributed by atoms with Crippen molar-refractivity contribution in [2.75, 3.05) is 0 Å². The lowest BCUT2D eigenvalue weighted by molar-refractivity contribution is -0.136. The highest BCUT2D eigenvalue weighted by Crippen LogP contribution is 2.32. The van der Waals surface area contributed by atoms with Gasteiger partial charge in [0, 0.05) is 22.0 Å². The summed E-state index contributed by atoms with van der Waals surface area (Å²) in [7, 11) is 0. The predicted molar refractivity (Wildman–Crippen MR) is 64.5 cm³/mol. The molecule has 0 saturated heterocycles. The first kappa shape index (κ1) is 14.8. The molecular weight excluding hydrogens is 320 g/mol. The molecule has 0 radical (unpaired) electrons. The monoisotopic (exact) mass is 330 g/mol. The normalized spacial score (nSPS) is 13.8. The molecule has 7 heteroatoms. The van der Waals surface area contributed by atoms with E-state index < -0.39 is 18.6 Å². The first-order chi connectivity index (χ1) is 7.83. The minimum Gasteiger partial charge on any atom is -0.271 e. The molecule has 96 valence electrons. The van der Waals surface area contributed by atoms with E-state index in [9.17, 15) is 13.2 Å². The van der Waals surface area contributed by atoms with Gasteiger partial charge in [0.15, 0.2) is 0 Å². The Balaban J connectivity index is 2.82. The van der Waals surface area contributed by atoms with Gasteiger partial charge in [-0.2, -0.15) is 13.2 Å². The van der Waals surface area contributed by atoms with Gasteiger partial charge in [-0.3, -0.25) is 11.3 Å². The Bertz CT molecular complexity index is 384. The zero-order chi connectivity index (χ0) is 13.1. The standard InChI is InChI=1S/C10H11BrClF3N2/c11-8-2-1-6(12)5-7(8)9(17-16)3-4-10(13,14)15/h1-2,5,9,17H,3-4,16H2. The molecule has 0 heterocycles. The highest BCUT2D eigenvalue weighted by Gasteiger charge is 2.29. The van der Waals surface area contributed by atoms with Crippen molar-refractivity contribution in [3.63, 3.8) is 0 Å². The van der Waals surface area contributed by atoms with Gasteiger partial charge in [-0.15, -0.1) is 0 Å². The molecule has 3 N–H and O–H groups in total. The van der Waals surface area contributed by atoms with Crippen LogP contribution in [0.3, 0.4) is 0 Å². The predicted octanol–water partition coefficient (Wildman–Crippen LogP) is 3.95. The molecule has 0 spiro atoms. The highest BCUT2D eigenvalue weighted by atomic mass is 79.9. The van der Waals surface area contributed by atoms with E-state index in [0.717, 1.165) is 0 Å². The number of rotatable bonds is 4. The lowest BCUT2D eigenvalue weighted by Gasteiger charge is -2.19. The molecule has 1 aromatic carbocycles. The van der Waals surface area contributed by atoms with Crippen LogP contribution >= 0.6 is 27.5 Å². The van der Waals surface area contributed by atoms with Crippen LogP contribution in [0.4, 0.5) is 13.2 Å². The number of nitrogens with one attached hydrogen (secondary N) is 1. The molecule has 0 amide bonds. The van der Waals surface area contributed by atoms with Crippen LogP contribution in [0.5, 0.6) is 0 Å². The Morgan fingerprint density at radius 1 is 1.41 bits per heavy atom. The number of hydrazine groups is 1. The van der Waals surface area contributed by atoms with Crippen molar-refractivity contribution < 1.29 is 13.2 Å². The molecular formula is C10H11BrClF3N2. The number of halogens is 5. The van der Waals surface area contributed by atoms with E-state index in [1.807, 2.05) is 0 Å². The Labute approximate surface area is 110 Å². The third-order valence-electron chi connectivity index (χ3n) is 2.25. The Morgan fingerprint density at radius 2 is 2.06 bits per heavy atom. The van der Waals surface area contributed by atoms with E-state index >= 15 is 0 Å². The van der Waals surface area contributed by atoms with Crippen LogP contribution in [-0.2, 0) is 0 Å². The van der Waals surface area contributed by atoms with Gasteiger partial charge in [0.1, 0.15) is 0 Å². The fourth-order valence-corrected chi connectivity index (χ4v) is 2.12. The van der Waals surface area contributed by atoms with Gasteiger partial charge in [-0.1, -0.05) is 27.5 Å². The summed E-state index contributed by atoms with van der Waals surface area (Å²) >= 11 is 9.05. The fourth-order valence-electron chi connectivity index (χ4n) is 1.42. The van der Waals surface area contributed by atoms with E-state index in [0.29, 0.717) is 15.1 Å². The van der Waals surface area contributed by atoms with Crippen LogP contribution in [0.2, 0.25) is 5.02 Å². The summed E-state index contributed by atoms with van der Waals surface area (Å²) < 4.78 is 37.1. The molecule has 17 heavy (non-hydrogen) atoms. The molecule has 1 rings (SSSR count). The van der Waals surface area contributed by atoms with Crippen molar-refractivity contribution in [3.05, 3.63) is 33.3 Å². The number of nitrogens with two attached hydrogens (primary N) is 1. The zero-order valence-corrected chi connectivity index (χ0v) is 11.0. The van der Waals surface area contributed by atoms with Crippen LogP contribution < -0.4 is 11.3 Å². The summed E-state index contributed by atoms with van der Waals surface area (Å²) in [6, 6.07) is 4.32. The Morgan fingerprint density at radius 3 is 2.59 bits per heavy atom. The van der Waals surface area contributed by atoms with Crippen molar-refractivity contribution in [2.24, 2.45) is 5.84 Å². The number of alkyl halides is 3. The Kier molecular flexibility index (Phi) is 5.24. The smallest absolute Gasteiger partial charge is 0.271 e. The van der Waals surface area contributed by atoms with Gasteiger partial charge in [0.25, 0.3) is 0 Å². The zero-order valence-electron chi connectivity index (χ0n) is 8.69. The maximum Gasteiger partial charge on any atom is 0.389 e. The van der Waals surface area contributed by atoms with Crippen molar-refractivity contribution in [1.29, 1.82) is 0 Å². The minimum absolute atomic E-state index is 0.140. The highest BCUT2D eigenvalue weighted by molar-refractivity contribution is 9.10. The molecule has 2 nitrogen and oxygen atoms in total. The molecule has 1 unspecified atom stereocenters. The van der Waals surface area contributed by atoms with Crippen LogP contribution in [0, 0.1) is 0 Å². The summed E-state index contributed by atoms with van der Waals surface area (Å²) in [4.78, 5) is 0. The van der Waals surface area contributed by atoms with Crippen molar-refractivity contribution >= 4 is 27.5 Å². The summed E-state index contributed by atoms with van der Waals surface area (Å²) in [6.45, 7) is 0. The third-order valence-corrected chi connectivity index (χ3v) is 3.21. The molecule has 0 aromatic heterocycles. The van der Waals surface area contributed by atoms with E-state index in [4.69, 9.17) is 17.4 Å². The molecule has 0 saturated carbocycles. The van der Waals surface area contributed by atoms with Gasteiger partial charge in [-0.25, -0.2) is 0 Å². The number of hydrogen-bond acceptors (Lipinski definition) is 2. The molecule has 0 aliphatic heterocycles. The van der Waals surface area contributed by atoms with Gasteiger partial charge in [0.2, 0.25) is 0 Å². The average molecular weight is 332 g/mol. The first-order valence-electron chi connectivity index (χ1n) is 4.81. The lowest BCUT2D eigenvalue weighted by Crippen LogP contribution is -2.29. The van der Waals surface area contributed by atoms with Crippen LogP contribution in [0.25, 0.3) is 0 Å². The van der Waals surface area contributed by atoms with Crippen LogP contribution in [0.1, 0.15) is 24.4 Å².